The number of rotatable bonds is 6. The summed E-state index contributed by atoms with van der Waals surface area (Å²) in [6, 6.07) is 78.5. The standard InChI is InChI=1S/C89H84BN3OS/c1-52-41-76-81-77(42-52)93(74-38-36-68(86(5,6)7)80-65-25-17-20-28-79(65)95-83(74)80)82-66-50-70-71(88(10,11)40-39-87(70,8)9)51-78(66)94-84(82)90(81)72-37-34-61(91(59-31-29-56(30-32-59)85(2,3)4)73-27-19-16-23-62(73)55-21-13-12-14-22-55)49-75(72)92(76)60-33-35-64-63-24-15-18-26-67(63)89(69(64)48-60)57-44-53-43-54(46-57)47-58(89)45-53/h12-38,41-42,48-51,53-54,57-58H,39-40,43-47H2,1-11H3. The summed E-state index contributed by atoms with van der Waals surface area (Å²) in [7, 11) is 0. The summed E-state index contributed by atoms with van der Waals surface area (Å²) in [5.74, 6) is 2.96. The molecule has 2 aromatic heterocycles. The van der Waals surface area contributed by atoms with Crippen molar-refractivity contribution in [2.24, 2.45) is 23.7 Å². The molecule has 12 aromatic rings. The Bertz CT molecular complexity index is 5190. The molecule has 1 spiro atoms. The van der Waals surface area contributed by atoms with Crippen LogP contribution >= 0.6 is 11.3 Å². The number of nitrogens with zero attached hydrogens (tertiary/aromatic N) is 3. The SMILES string of the molecule is Cc1cc2c3c(c1)N(c1ccc(C(C)(C)C)c4c1sc1ccccc14)c1c(oc4cc5c(cc14)C(C)(C)CCC5(C)C)B3c1ccc(N(c3ccc(C(C)(C)C)cc3)c3ccccc3-c3ccccc3)cc1N2c1ccc2c(c1)C1(c3ccccc3-2)C2CC3CC(C2)CC1C3. The van der Waals surface area contributed by atoms with E-state index in [4.69, 9.17) is 4.42 Å². The maximum Gasteiger partial charge on any atom is 0.297 e. The minimum absolute atomic E-state index is 0.00888. The first-order chi connectivity index (χ1) is 45.7. The van der Waals surface area contributed by atoms with Gasteiger partial charge in [0.2, 0.25) is 0 Å². The second-order valence-corrected chi connectivity index (χ2v) is 34.2. The molecular formula is C89H84BN3OS. The second kappa shape index (κ2) is 20.0. The Morgan fingerprint density at radius 3 is 1.88 bits per heavy atom. The largest absolute Gasteiger partial charge is 0.468 e. The van der Waals surface area contributed by atoms with Crippen molar-refractivity contribution in [3.63, 3.8) is 0 Å². The Morgan fingerprint density at radius 1 is 0.516 bits per heavy atom. The molecule has 10 aromatic carbocycles. The predicted octanol–water partition coefficient (Wildman–Crippen LogP) is 23.0. The van der Waals surface area contributed by atoms with Crippen LogP contribution < -0.4 is 31.3 Å². The highest BCUT2D eigenvalue weighted by atomic mass is 32.1. The van der Waals surface area contributed by atoms with Crippen LogP contribution in [-0.4, -0.2) is 6.71 Å². The summed E-state index contributed by atoms with van der Waals surface area (Å²) in [5, 5.41) is 3.88. The van der Waals surface area contributed by atoms with Crippen molar-refractivity contribution >= 4 is 117 Å². The van der Waals surface area contributed by atoms with E-state index in [0.717, 1.165) is 53.0 Å². The molecule has 470 valence electrons. The first kappa shape index (κ1) is 57.8. The van der Waals surface area contributed by atoms with Gasteiger partial charge in [-0.1, -0.05) is 191 Å². The lowest BCUT2D eigenvalue weighted by molar-refractivity contribution is -0.0399. The number of thiophene rings is 1. The first-order valence-electron chi connectivity index (χ1n) is 35.5. The zero-order valence-corrected chi connectivity index (χ0v) is 57.9. The van der Waals surface area contributed by atoms with Crippen molar-refractivity contribution in [1.29, 1.82) is 0 Å². The van der Waals surface area contributed by atoms with Crippen LogP contribution in [0.25, 0.3) is 53.4 Å². The van der Waals surface area contributed by atoms with E-state index >= 15 is 0 Å². The summed E-state index contributed by atoms with van der Waals surface area (Å²) >= 11 is 1.95. The highest BCUT2D eigenvalue weighted by molar-refractivity contribution is 7.26. The molecule has 4 nitrogen and oxygen atoms in total. The Kier molecular flexibility index (Phi) is 12.2. The van der Waals surface area contributed by atoms with Crippen molar-refractivity contribution in [2.75, 3.05) is 14.7 Å². The Morgan fingerprint density at radius 2 is 1.16 bits per heavy atom. The lowest BCUT2D eigenvalue weighted by Gasteiger charge is -2.61. The zero-order valence-electron chi connectivity index (χ0n) is 57.0. The highest BCUT2D eigenvalue weighted by Gasteiger charge is 2.62. The molecule has 2 aliphatic heterocycles. The fraction of sp³-hybridized carbons (Fsp3) is 0.303. The zero-order chi connectivity index (χ0) is 64.6. The topological polar surface area (TPSA) is 22.9 Å². The van der Waals surface area contributed by atoms with E-state index in [1.54, 1.807) is 11.1 Å². The van der Waals surface area contributed by atoms with E-state index in [-0.39, 0.29) is 33.8 Å². The van der Waals surface area contributed by atoms with Gasteiger partial charge in [0.1, 0.15) is 5.58 Å². The van der Waals surface area contributed by atoms with Gasteiger partial charge >= 0.3 is 0 Å². The molecule has 4 saturated carbocycles. The van der Waals surface area contributed by atoms with Gasteiger partial charge in [-0.25, -0.2) is 0 Å². The Labute approximate surface area is 565 Å². The third-order valence-corrected chi connectivity index (χ3v) is 25.8. The molecule has 20 rings (SSSR count). The number of hydrogen-bond acceptors (Lipinski definition) is 5. The van der Waals surface area contributed by atoms with Crippen molar-refractivity contribution < 1.29 is 4.42 Å². The monoisotopic (exact) mass is 1250 g/mol. The molecule has 8 aliphatic rings. The molecule has 0 atom stereocenters. The van der Waals surface area contributed by atoms with Gasteiger partial charge in [-0.05, 0) is 243 Å². The van der Waals surface area contributed by atoms with E-state index in [1.807, 2.05) is 11.3 Å². The van der Waals surface area contributed by atoms with Crippen LogP contribution in [0.2, 0.25) is 0 Å². The van der Waals surface area contributed by atoms with E-state index in [1.165, 1.54) is 153 Å². The number of aryl methyl sites for hydroxylation is 1. The Hall–Kier alpha value is -8.58. The van der Waals surface area contributed by atoms with Crippen LogP contribution in [0.15, 0.2) is 205 Å². The van der Waals surface area contributed by atoms with Gasteiger partial charge in [-0.2, -0.15) is 0 Å². The third-order valence-electron chi connectivity index (χ3n) is 24.6. The van der Waals surface area contributed by atoms with Crippen LogP contribution in [0.4, 0.5) is 51.2 Å². The van der Waals surface area contributed by atoms with Gasteiger partial charge in [-0.3, -0.25) is 0 Å². The molecule has 0 unspecified atom stereocenters. The Balaban J connectivity index is 0.918. The lowest BCUT2D eigenvalue weighted by Crippen LogP contribution is -2.61. The maximum absolute atomic E-state index is 7.97. The minimum atomic E-state index is -0.241. The van der Waals surface area contributed by atoms with E-state index < -0.39 is 0 Å². The predicted molar refractivity (Wildman–Crippen MR) is 404 cm³/mol. The van der Waals surface area contributed by atoms with Crippen LogP contribution in [0, 0.1) is 30.6 Å². The molecule has 0 amide bonds. The van der Waals surface area contributed by atoms with Crippen molar-refractivity contribution in [3.05, 3.63) is 239 Å². The first-order valence-corrected chi connectivity index (χ1v) is 36.3. The quantitative estimate of drug-likeness (QED) is 0.155. The number of hydrogen-bond donors (Lipinski definition) is 0. The van der Waals surface area contributed by atoms with Gasteiger partial charge < -0.3 is 19.1 Å². The summed E-state index contributed by atoms with van der Waals surface area (Å²) in [6.45, 7) is 26.1. The molecule has 0 radical (unpaired) electrons. The van der Waals surface area contributed by atoms with Gasteiger partial charge in [-0.15, -0.1) is 11.3 Å². The average molecular weight is 1250 g/mol. The van der Waals surface area contributed by atoms with Crippen LogP contribution in [-0.2, 0) is 27.1 Å². The fourth-order valence-corrected chi connectivity index (χ4v) is 21.5. The van der Waals surface area contributed by atoms with E-state index in [0.29, 0.717) is 11.8 Å². The lowest BCUT2D eigenvalue weighted by atomic mass is 9.35. The van der Waals surface area contributed by atoms with Gasteiger partial charge in [0, 0.05) is 66.0 Å². The van der Waals surface area contributed by atoms with E-state index in [2.05, 4.69) is 291 Å². The van der Waals surface area contributed by atoms with Crippen molar-refractivity contribution in [2.45, 2.75) is 148 Å². The molecule has 4 fully saturated rings. The number of para-hydroxylation sites is 1. The highest BCUT2D eigenvalue weighted by Crippen LogP contribution is 2.70. The van der Waals surface area contributed by atoms with Crippen LogP contribution in [0.5, 0.6) is 0 Å². The van der Waals surface area contributed by atoms with Crippen LogP contribution in [0.3, 0.4) is 0 Å². The molecule has 0 N–H and O–H groups in total. The normalized spacial score (nSPS) is 21.5. The van der Waals surface area contributed by atoms with Gasteiger partial charge in [0.25, 0.3) is 6.71 Å². The van der Waals surface area contributed by atoms with Crippen molar-refractivity contribution in [1.82, 2.24) is 0 Å². The third kappa shape index (κ3) is 8.25. The summed E-state index contributed by atoms with van der Waals surface area (Å²) in [5.41, 5.74) is 30.1. The molecule has 4 heterocycles. The summed E-state index contributed by atoms with van der Waals surface area (Å²) in [6.07, 6.45) is 9.03. The molecular weight excluding hydrogens is 1170 g/mol. The van der Waals surface area contributed by atoms with Gasteiger partial charge in [0.15, 0.2) is 0 Å². The number of furan rings is 1. The smallest absolute Gasteiger partial charge is 0.297 e. The maximum atomic E-state index is 7.97. The molecule has 95 heavy (non-hydrogen) atoms. The molecule has 4 bridgehead atoms. The second-order valence-electron chi connectivity index (χ2n) is 33.2. The molecule has 0 saturated heterocycles. The minimum Gasteiger partial charge on any atom is -0.468 e. The number of anilines is 9. The summed E-state index contributed by atoms with van der Waals surface area (Å²) < 4.78 is 10.6. The van der Waals surface area contributed by atoms with Crippen LogP contribution in [0.1, 0.15) is 153 Å². The molecule has 6 aliphatic carbocycles. The van der Waals surface area contributed by atoms with E-state index in [9.17, 15) is 0 Å². The van der Waals surface area contributed by atoms with Crippen molar-refractivity contribution in [3.8, 4) is 22.3 Å². The average Bonchev–Trinajstić information content (AvgIpc) is 1.58. The van der Waals surface area contributed by atoms with Gasteiger partial charge in [0.05, 0.1) is 27.4 Å². The molecule has 6 heteroatoms. The number of benzene rings is 10. The fourth-order valence-electron chi connectivity index (χ4n) is 20.3. The summed E-state index contributed by atoms with van der Waals surface area (Å²) in [4.78, 5) is 7.96. The number of fused-ring (bicyclic) bond motifs is 13.